The summed E-state index contributed by atoms with van der Waals surface area (Å²) in [6.45, 7) is 1.40. The Hall–Kier alpha value is -1.21. The molecule has 1 aliphatic heterocycles. The second-order valence-corrected chi connectivity index (χ2v) is 5.48. The van der Waals surface area contributed by atoms with Crippen molar-refractivity contribution in [3.05, 3.63) is 32.5 Å². The van der Waals surface area contributed by atoms with Crippen LogP contribution in [0.3, 0.4) is 0 Å². The van der Waals surface area contributed by atoms with Gasteiger partial charge in [0.25, 0.3) is 5.69 Å². The molecule has 0 radical (unpaired) electrons. The number of hydrogen-bond donors (Lipinski definition) is 1. The standard InChI is InChI=1S/C12H14BrFN2O3/c13-9-5-11(12(16(18)19)6-10(9)14)15-3-1-8(7-17)2-4-15/h5-6,8,17H,1-4,7H2. The highest BCUT2D eigenvalue weighted by Crippen LogP contribution is 2.35. The van der Waals surface area contributed by atoms with Crippen molar-refractivity contribution in [3.8, 4) is 0 Å². The van der Waals surface area contributed by atoms with Gasteiger partial charge in [-0.25, -0.2) is 4.39 Å². The quantitative estimate of drug-likeness (QED) is 0.682. The molecule has 104 valence electrons. The molecule has 2 rings (SSSR count). The lowest BCUT2D eigenvalue weighted by molar-refractivity contribution is -0.384. The maximum atomic E-state index is 13.4. The number of piperidine rings is 1. The average Bonchev–Trinajstić information content (AvgIpc) is 2.41. The summed E-state index contributed by atoms with van der Waals surface area (Å²) in [5.74, 6) is -0.389. The first-order valence-corrected chi connectivity index (χ1v) is 6.81. The van der Waals surface area contributed by atoms with Gasteiger partial charge in [-0.05, 0) is 40.8 Å². The lowest BCUT2D eigenvalue weighted by atomic mass is 9.97. The number of anilines is 1. The van der Waals surface area contributed by atoms with E-state index < -0.39 is 10.7 Å². The molecule has 0 saturated carbocycles. The predicted octanol–water partition coefficient (Wildman–Crippen LogP) is 2.71. The molecule has 0 aromatic heterocycles. The lowest BCUT2D eigenvalue weighted by Crippen LogP contribution is -2.35. The number of nitrogens with zero attached hydrogens (tertiary/aromatic N) is 2. The summed E-state index contributed by atoms with van der Waals surface area (Å²) in [4.78, 5) is 12.3. The lowest BCUT2D eigenvalue weighted by Gasteiger charge is -2.32. The van der Waals surface area contributed by atoms with Crippen LogP contribution in [0.25, 0.3) is 0 Å². The van der Waals surface area contributed by atoms with Crippen molar-refractivity contribution in [2.75, 3.05) is 24.6 Å². The van der Waals surface area contributed by atoms with Gasteiger partial charge in [-0.3, -0.25) is 10.1 Å². The average molecular weight is 333 g/mol. The number of nitro groups is 1. The van der Waals surface area contributed by atoms with Crippen LogP contribution < -0.4 is 4.90 Å². The van der Waals surface area contributed by atoms with Crippen LogP contribution in [0.15, 0.2) is 16.6 Å². The second-order valence-electron chi connectivity index (χ2n) is 4.63. The first-order valence-electron chi connectivity index (χ1n) is 6.02. The third kappa shape index (κ3) is 3.03. The van der Waals surface area contributed by atoms with E-state index >= 15 is 0 Å². The molecule has 5 nitrogen and oxygen atoms in total. The van der Waals surface area contributed by atoms with Gasteiger partial charge in [0.1, 0.15) is 11.5 Å². The highest BCUT2D eigenvalue weighted by atomic mass is 79.9. The largest absolute Gasteiger partial charge is 0.396 e. The van der Waals surface area contributed by atoms with Gasteiger partial charge in [0.05, 0.1) is 15.5 Å². The normalized spacial score (nSPS) is 16.7. The van der Waals surface area contributed by atoms with Crippen molar-refractivity contribution in [2.24, 2.45) is 5.92 Å². The zero-order chi connectivity index (χ0) is 14.0. The number of rotatable bonds is 3. The van der Waals surface area contributed by atoms with Crippen LogP contribution in [0.1, 0.15) is 12.8 Å². The number of nitro benzene ring substituents is 1. The third-order valence-electron chi connectivity index (χ3n) is 3.43. The van der Waals surface area contributed by atoms with Gasteiger partial charge in [0.15, 0.2) is 0 Å². The van der Waals surface area contributed by atoms with E-state index in [4.69, 9.17) is 5.11 Å². The number of halogens is 2. The number of aliphatic hydroxyl groups is 1. The van der Waals surface area contributed by atoms with E-state index in [2.05, 4.69) is 15.9 Å². The predicted molar refractivity (Wildman–Crippen MR) is 72.8 cm³/mol. The maximum absolute atomic E-state index is 13.4. The van der Waals surface area contributed by atoms with E-state index in [1.165, 1.54) is 6.07 Å². The summed E-state index contributed by atoms with van der Waals surface area (Å²) in [6, 6.07) is 2.39. The molecule has 1 fully saturated rings. The Bertz CT molecular complexity index is 490. The van der Waals surface area contributed by atoms with Crippen LogP contribution in [-0.2, 0) is 0 Å². The van der Waals surface area contributed by atoms with E-state index in [1.54, 1.807) is 0 Å². The Morgan fingerprint density at radius 2 is 2.11 bits per heavy atom. The topological polar surface area (TPSA) is 66.6 Å². The van der Waals surface area contributed by atoms with Gasteiger partial charge >= 0.3 is 0 Å². The molecule has 19 heavy (non-hydrogen) atoms. The van der Waals surface area contributed by atoms with Gasteiger partial charge in [0.2, 0.25) is 0 Å². The first-order chi connectivity index (χ1) is 9.02. The van der Waals surface area contributed by atoms with E-state index in [0.29, 0.717) is 18.8 Å². The molecule has 1 aromatic rings. The van der Waals surface area contributed by atoms with Gasteiger partial charge in [-0.15, -0.1) is 0 Å². The van der Waals surface area contributed by atoms with Crippen LogP contribution in [0.2, 0.25) is 0 Å². The van der Waals surface area contributed by atoms with E-state index in [0.717, 1.165) is 18.9 Å². The molecule has 0 unspecified atom stereocenters. The van der Waals surface area contributed by atoms with E-state index in [-0.39, 0.29) is 22.7 Å². The molecule has 0 atom stereocenters. The molecular formula is C12H14BrFN2O3. The molecule has 1 saturated heterocycles. The summed E-state index contributed by atoms with van der Waals surface area (Å²) in [6.07, 6.45) is 1.56. The molecule has 7 heteroatoms. The van der Waals surface area contributed by atoms with Crippen molar-refractivity contribution >= 4 is 27.3 Å². The fourth-order valence-corrected chi connectivity index (χ4v) is 2.61. The van der Waals surface area contributed by atoms with Gasteiger partial charge in [-0.2, -0.15) is 0 Å². The monoisotopic (exact) mass is 332 g/mol. The minimum atomic E-state index is -0.638. The van der Waals surface area contributed by atoms with Crippen molar-refractivity contribution < 1.29 is 14.4 Å². The van der Waals surface area contributed by atoms with Crippen LogP contribution in [-0.4, -0.2) is 29.7 Å². The van der Waals surface area contributed by atoms with Crippen LogP contribution in [0.5, 0.6) is 0 Å². The number of hydrogen-bond acceptors (Lipinski definition) is 4. The number of benzene rings is 1. The highest BCUT2D eigenvalue weighted by Gasteiger charge is 2.26. The molecule has 0 spiro atoms. The zero-order valence-corrected chi connectivity index (χ0v) is 11.8. The summed E-state index contributed by atoms with van der Waals surface area (Å²) >= 11 is 3.06. The fourth-order valence-electron chi connectivity index (χ4n) is 2.28. The van der Waals surface area contributed by atoms with Crippen LogP contribution >= 0.6 is 15.9 Å². The fraction of sp³-hybridized carbons (Fsp3) is 0.500. The molecule has 1 aromatic carbocycles. The van der Waals surface area contributed by atoms with Crippen molar-refractivity contribution in [3.63, 3.8) is 0 Å². The van der Waals surface area contributed by atoms with Crippen molar-refractivity contribution in [2.45, 2.75) is 12.8 Å². The molecular weight excluding hydrogens is 319 g/mol. The van der Waals surface area contributed by atoms with Crippen molar-refractivity contribution in [1.29, 1.82) is 0 Å². The number of aliphatic hydroxyl groups excluding tert-OH is 1. The SMILES string of the molecule is O=[N+]([O-])c1cc(F)c(Br)cc1N1CCC(CO)CC1. The molecule has 1 N–H and O–H groups in total. The van der Waals surface area contributed by atoms with Crippen LogP contribution in [0.4, 0.5) is 15.8 Å². The molecule has 1 heterocycles. The van der Waals surface area contributed by atoms with Gasteiger partial charge in [0, 0.05) is 19.7 Å². The Morgan fingerprint density at radius 1 is 1.47 bits per heavy atom. The summed E-state index contributed by atoms with van der Waals surface area (Å²) < 4.78 is 13.6. The summed E-state index contributed by atoms with van der Waals surface area (Å²) in [7, 11) is 0. The highest BCUT2D eigenvalue weighted by molar-refractivity contribution is 9.10. The summed E-state index contributed by atoms with van der Waals surface area (Å²) in [5, 5.41) is 20.1. The molecule has 0 bridgehead atoms. The van der Waals surface area contributed by atoms with E-state index in [9.17, 15) is 14.5 Å². The Labute approximate surface area is 118 Å². The van der Waals surface area contributed by atoms with E-state index in [1.807, 2.05) is 4.90 Å². The molecule has 1 aliphatic rings. The Morgan fingerprint density at radius 3 is 2.63 bits per heavy atom. The minimum Gasteiger partial charge on any atom is -0.396 e. The first kappa shape index (κ1) is 14.2. The zero-order valence-electron chi connectivity index (χ0n) is 10.2. The van der Waals surface area contributed by atoms with Crippen LogP contribution in [0, 0.1) is 21.8 Å². The maximum Gasteiger partial charge on any atom is 0.295 e. The molecule has 0 amide bonds. The molecule has 0 aliphatic carbocycles. The van der Waals surface area contributed by atoms with Gasteiger partial charge < -0.3 is 10.0 Å². The smallest absolute Gasteiger partial charge is 0.295 e. The summed E-state index contributed by atoms with van der Waals surface area (Å²) in [5.41, 5.74) is 0.206. The Balaban J connectivity index is 2.29. The Kier molecular flexibility index (Phi) is 4.36. The van der Waals surface area contributed by atoms with Gasteiger partial charge in [-0.1, -0.05) is 0 Å². The van der Waals surface area contributed by atoms with Crippen molar-refractivity contribution in [1.82, 2.24) is 0 Å². The second kappa shape index (κ2) is 5.83. The minimum absolute atomic E-state index is 0.142. The third-order valence-corrected chi connectivity index (χ3v) is 4.04.